The highest BCUT2D eigenvalue weighted by atomic mass is 16.5. The Bertz CT molecular complexity index is 591. The van der Waals surface area contributed by atoms with Crippen molar-refractivity contribution < 1.29 is 14.7 Å². The molecule has 6 heteroatoms. The van der Waals surface area contributed by atoms with Gasteiger partial charge >= 0.3 is 0 Å². The Labute approximate surface area is 90.6 Å². The first kappa shape index (κ1) is 10.3. The van der Waals surface area contributed by atoms with Crippen molar-refractivity contribution in [1.82, 2.24) is 9.71 Å². The van der Waals surface area contributed by atoms with Crippen LogP contribution in [0.3, 0.4) is 0 Å². The molecule has 0 aliphatic heterocycles. The smallest absolute Gasteiger partial charge is 0.293 e. The predicted octanol–water partition coefficient (Wildman–Crippen LogP) is 0.651. The van der Waals surface area contributed by atoms with E-state index in [4.69, 9.17) is 9.47 Å². The van der Waals surface area contributed by atoms with E-state index in [1.807, 2.05) is 0 Å². The van der Waals surface area contributed by atoms with E-state index in [1.165, 1.54) is 20.3 Å². The van der Waals surface area contributed by atoms with E-state index < -0.39 is 5.56 Å². The second-order valence-electron chi connectivity index (χ2n) is 3.12. The van der Waals surface area contributed by atoms with Gasteiger partial charge in [-0.05, 0) is 6.07 Å². The quantitative estimate of drug-likeness (QED) is 0.755. The van der Waals surface area contributed by atoms with Crippen LogP contribution >= 0.6 is 0 Å². The molecule has 84 valence electrons. The fourth-order valence-electron chi connectivity index (χ4n) is 1.44. The number of hydrogen-bond acceptors (Lipinski definition) is 5. The molecule has 0 aliphatic carbocycles. The first-order chi connectivity index (χ1) is 7.67. The van der Waals surface area contributed by atoms with E-state index in [0.717, 1.165) is 6.33 Å². The van der Waals surface area contributed by atoms with Crippen molar-refractivity contribution in [3.63, 3.8) is 0 Å². The monoisotopic (exact) mass is 222 g/mol. The molecular formula is C10H10N2O4. The SMILES string of the molecule is COc1cc2ncn(O)c(=O)c2cc1OC. The van der Waals surface area contributed by atoms with Crippen molar-refractivity contribution in [1.29, 1.82) is 0 Å². The lowest BCUT2D eigenvalue weighted by molar-refractivity contribution is 0.173. The van der Waals surface area contributed by atoms with Crippen LogP contribution < -0.4 is 15.0 Å². The maximum absolute atomic E-state index is 11.6. The largest absolute Gasteiger partial charge is 0.493 e. The van der Waals surface area contributed by atoms with Gasteiger partial charge in [0, 0.05) is 6.07 Å². The van der Waals surface area contributed by atoms with Crippen LogP contribution in [-0.2, 0) is 0 Å². The van der Waals surface area contributed by atoms with E-state index in [-0.39, 0.29) is 5.39 Å². The lowest BCUT2D eigenvalue weighted by Crippen LogP contribution is -2.17. The van der Waals surface area contributed by atoms with Crippen LogP contribution in [0.2, 0.25) is 0 Å². The van der Waals surface area contributed by atoms with Gasteiger partial charge < -0.3 is 14.7 Å². The number of benzene rings is 1. The third-order valence-electron chi connectivity index (χ3n) is 2.25. The zero-order chi connectivity index (χ0) is 11.7. The van der Waals surface area contributed by atoms with E-state index >= 15 is 0 Å². The summed E-state index contributed by atoms with van der Waals surface area (Å²) in [5.74, 6) is 0.901. The number of hydrogen-bond donors (Lipinski definition) is 1. The van der Waals surface area contributed by atoms with Gasteiger partial charge in [-0.25, -0.2) is 4.98 Å². The topological polar surface area (TPSA) is 73.6 Å². The molecule has 0 aliphatic rings. The molecule has 2 rings (SSSR count). The summed E-state index contributed by atoms with van der Waals surface area (Å²) in [6.07, 6.45) is 1.04. The Morgan fingerprint density at radius 3 is 2.50 bits per heavy atom. The summed E-state index contributed by atoms with van der Waals surface area (Å²) in [5.41, 5.74) is -0.112. The lowest BCUT2D eigenvalue weighted by atomic mass is 10.2. The molecule has 0 atom stereocenters. The van der Waals surface area contributed by atoms with Crippen LogP contribution in [0.1, 0.15) is 0 Å². The Hall–Kier alpha value is -2.24. The van der Waals surface area contributed by atoms with Gasteiger partial charge in [-0.2, -0.15) is 0 Å². The third kappa shape index (κ3) is 1.44. The van der Waals surface area contributed by atoms with Crippen LogP contribution in [0, 0.1) is 0 Å². The highest BCUT2D eigenvalue weighted by Gasteiger charge is 2.10. The highest BCUT2D eigenvalue weighted by Crippen LogP contribution is 2.29. The van der Waals surface area contributed by atoms with E-state index in [9.17, 15) is 10.0 Å². The molecule has 1 heterocycles. The van der Waals surface area contributed by atoms with E-state index in [0.29, 0.717) is 21.7 Å². The molecule has 6 nitrogen and oxygen atoms in total. The first-order valence-corrected chi connectivity index (χ1v) is 4.50. The Morgan fingerprint density at radius 1 is 1.25 bits per heavy atom. The number of fused-ring (bicyclic) bond motifs is 1. The standard InChI is InChI=1S/C10H10N2O4/c1-15-8-3-6-7(4-9(8)16-2)11-5-12(14)10(6)13/h3-5,14H,1-2H3. The normalized spacial score (nSPS) is 10.4. The number of rotatable bonds is 2. The van der Waals surface area contributed by atoms with Crippen molar-refractivity contribution >= 4 is 10.9 Å². The molecule has 1 aromatic carbocycles. The van der Waals surface area contributed by atoms with Gasteiger partial charge in [-0.15, -0.1) is 4.73 Å². The molecule has 0 saturated heterocycles. The summed E-state index contributed by atoms with van der Waals surface area (Å²) in [6.45, 7) is 0. The Kier molecular flexibility index (Phi) is 2.40. The molecule has 1 N–H and O–H groups in total. The van der Waals surface area contributed by atoms with Crippen molar-refractivity contribution in [2.45, 2.75) is 0 Å². The zero-order valence-electron chi connectivity index (χ0n) is 8.80. The molecule has 16 heavy (non-hydrogen) atoms. The highest BCUT2D eigenvalue weighted by molar-refractivity contribution is 5.81. The molecule has 2 aromatic rings. The van der Waals surface area contributed by atoms with Crippen LogP contribution in [0.5, 0.6) is 11.5 Å². The average Bonchev–Trinajstić information content (AvgIpc) is 2.32. The average molecular weight is 222 g/mol. The Morgan fingerprint density at radius 2 is 1.88 bits per heavy atom. The maximum atomic E-state index is 11.6. The molecule has 0 fully saturated rings. The summed E-state index contributed by atoms with van der Waals surface area (Å²) >= 11 is 0. The van der Waals surface area contributed by atoms with Crippen molar-refractivity contribution in [2.75, 3.05) is 14.2 Å². The zero-order valence-corrected chi connectivity index (χ0v) is 8.80. The van der Waals surface area contributed by atoms with Gasteiger partial charge in [0.05, 0.1) is 25.1 Å². The van der Waals surface area contributed by atoms with Gasteiger partial charge in [0.2, 0.25) is 0 Å². The van der Waals surface area contributed by atoms with Crippen LogP contribution in [-0.4, -0.2) is 29.1 Å². The van der Waals surface area contributed by atoms with Gasteiger partial charge in [0.15, 0.2) is 11.5 Å². The number of aromatic nitrogens is 2. The van der Waals surface area contributed by atoms with Gasteiger partial charge in [0.25, 0.3) is 5.56 Å². The van der Waals surface area contributed by atoms with Gasteiger partial charge in [-0.3, -0.25) is 4.79 Å². The van der Waals surface area contributed by atoms with Crippen molar-refractivity contribution in [3.05, 3.63) is 28.8 Å². The fourth-order valence-corrected chi connectivity index (χ4v) is 1.44. The minimum Gasteiger partial charge on any atom is -0.493 e. The minimum atomic E-state index is -0.550. The fraction of sp³-hybridized carbons (Fsp3) is 0.200. The first-order valence-electron chi connectivity index (χ1n) is 4.50. The molecule has 1 aromatic heterocycles. The maximum Gasteiger partial charge on any atom is 0.293 e. The van der Waals surface area contributed by atoms with E-state index in [2.05, 4.69) is 4.98 Å². The molecule has 0 bridgehead atoms. The number of nitrogens with zero attached hydrogens (tertiary/aromatic N) is 2. The predicted molar refractivity (Wildman–Crippen MR) is 56.3 cm³/mol. The van der Waals surface area contributed by atoms with Crippen molar-refractivity contribution in [3.8, 4) is 11.5 Å². The van der Waals surface area contributed by atoms with Crippen molar-refractivity contribution in [2.24, 2.45) is 0 Å². The molecule has 0 unspecified atom stereocenters. The van der Waals surface area contributed by atoms with Crippen LogP contribution in [0.4, 0.5) is 0 Å². The molecule has 0 amide bonds. The number of methoxy groups -OCH3 is 2. The second kappa shape index (κ2) is 3.73. The van der Waals surface area contributed by atoms with Crippen LogP contribution in [0.15, 0.2) is 23.3 Å². The summed E-state index contributed by atoms with van der Waals surface area (Å²) < 4.78 is 10.6. The minimum absolute atomic E-state index is 0.266. The molecule has 0 spiro atoms. The Balaban J connectivity index is 2.84. The molecule has 0 saturated carbocycles. The summed E-state index contributed by atoms with van der Waals surface area (Å²) in [6, 6.07) is 3.06. The van der Waals surface area contributed by atoms with Gasteiger partial charge in [0.1, 0.15) is 6.33 Å². The lowest BCUT2D eigenvalue weighted by Gasteiger charge is -2.08. The summed E-state index contributed by atoms with van der Waals surface area (Å²) in [7, 11) is 2.97. The van der Waals surface area contributed by atoms with Gasteiger partial charge in [-0.1, -0.05) is 0 Å². The summed E-state index contributed by atoms with van der Waals surface area (Å²) in [5, 5.41) is 9.44. The third-order valence-corrected chi connectivity index (χ3v) is 2.25. The molecular weight excluding hydrogens is 212 g/mol. The summed E-state index contributed by atoms with van der Waals surface area (Å²) in [4.78, 5) is 15.5. The van der Waals surface area contributed by atoms with E-state index in [1.54, 1.807) is 6.07 Å². The molecule has 0 radical (unpaired) electrons. The second-order valence-corrected chi connectivity index (χ2v) is 3.12. The number of ether oxygens (including phenoxy) is 2. The van der Waals surface area contributed by atoms with Crippen LogP contribution in [0.25, 0.3) is 10.9 Å².